The molecule has 0 fully saturated rings. The normalized spacial score (nSPS) is 19.9. The third-order valence-electron chi connectivity index (χ3n) is 3.97. The predicted molar refractivity (Wildman–Crippen MR) is 73.0 cm³/mol. The highest BCUT2D eigenvalue weighted by atomic mass is 16.3. The van der Waals surface area contributed by atoms with Gasteiger partial charge in [-0.25, -0.2) is 0 Å². The van der Waals surface area contributed by atoms with Gasteiger partial charge in [0.1, 0.15) is 5.76 Å². The van der Waals surface area contributed by atoms with Gasteiger partial charge in [-0.1, -0.05) is 6.07 Å². The number of aliphatic hydroxyl groups is 1. The fraction of sp³-hybridized carbons (Fsp3) is 0.438. The van der Waals surface area contributed by atoms with Crippen LogP contribution in [0.25, 0.3) is 0 Å². The van der Waals surface area contributed by atoms with Crippen molar-refractivity contribution in [3.05, 3.63) is 53.7 Å². The molecular weight excluding hydrogens is 238 g/mol. The molecule has 2 unspecified atom stereocenters. The van der Waals surface area contributed by atoms with Crippen molar-refractivity contribution in [2.24, 2.45) is 0 Å². The van der Waals surface area contributed by atoms with Gasteiger partial charge in [-0.15, -0.1) is 0 Å². The molecule has 0 aromatic carbocycles. The van der Waals surface area contributed by atoms with Crippen LogP contribution in [0.1, 0.15) is 42.2 Å². The fourth-order valence-electron chi connectivity index (χ4n) is 2.97. The summed E-state index contributed by atoms with van der Waals surface area (Å²) in [5, 5.41) is 10.4. The van der Waals surface area contributed by atoms with Gasteiger partial charge in [0, 0.05) is 24.2 Å². The molecule has 1 aliphatic rings. The van der Waals surface area contributed by atoms with Crippen LogP contribution >= 0.6 is 0 Å². The molecule has 0 radical (unpaired) electrons. The summed E-state index contributed by atoms with van der Waals surface area (Å²) in [7, 11) is 0. The maximum absolute atomic E-state index is 10.4. The summed E-state index contributed by atoms with van der Waals surface area (Å²) in [5.74, 6) is 1.12. The van der Waals surface area contributed by atoms with E-state index in [0.29, 0.717) is 0 Å². The monoisotopic (exact) mass is 257 g/mol. The predicted octanol–water partition coefficient (Wildman–Crippen LogP) is 3.09. The first kappa shape index (κ1) is 12.4. The molecule has 0 spiro atoms. The van der Waals surface area contributed by atoms with E-state index < -0.39 is 0 Å². The molecule has 3 rings (SSSR count). The molecule has 1 N–H and O–H groups in total. The summed E-state index contributed by atoms with van der Waals surface area (Å²) >= 11 is 0. The van der Waals surface area contributed by atoms with Crippen LogP contribution in [-0.4, -0.2) is 16.2 Å². The lowest BCUT2D eigenvalue weighted by molar-refractivity contribution is 0.122. The summed E-state index contributed by atoms with van der Waals surface area (Å²) in [5.41, 5.74) is 2.40. The Balaban J connectivity index is 1.69. The minimum atomic E-state index is -0.334. The van der Waals surface area contributed by atoms with Gasteiger partial charge in [0.2, 0.25) is 0 Å². The lowest BCUT2D eigenvalue weighted by atomic mass is 9.82. The molecule has 3 nitrogen and oxygen atoms in total. The Kier molecular flexibility index (Phi) is 3.65. The molecule has 2 aromatic rings. The van der Waals surface area contributed by atoms with Crippen molar-refractivity contribution in [2.45, 2.75) is 44.1 Å². The average molecular weight is 257 g/mol. The number of hydrogen-bond donors (Lipinski definition) is 1. The van der Waals surface area contributed by atoms with Crippen molar-refractivity contribution < 1.29 is 9.52 Å². The van der Waals surface area contributed by atoms with Crippen LogP contribution in [0, 0.1) is 0 Å². The lowest BCUT2D eigenvalue weighted by Gasteiger charge is -2.28. The van der Waals surface area contributed by atoms with E-state index in [2.05, 4.69) is 11.1 Å². The highest BCUT2D eigenvalue weighted by molar-refractivity contribution is 5.26. The van der Waals surface area contributed by atoms with Crippen LogP contribution in [0.5, 0.6) is 0 Å². The Bertz CT molecular complexity index is 521. The number of rotatable bonds is 4. The Morgan fingerprint density at radius 1 is 1.37 bits per heavy atom. The summed E-state index contributed by atoms with van der Waals surface area (Å²) in [4.78, 5) is 4.48. The Hall–Kier alpha value is -1.61. The van der Waals surface area contributed by atoms with E-state index in [-0.39, 0.29) is 12.0 Å². The Labute approximate surface area is 113 Å². The van der Waals surface area contributed by atoms with Crippen molar-refractivity contribution in [1.82, 2.24) is 4.98 Å². The van der Waals surface area contributed by atoms with Gasteiger partial charge in [0.15, 0.2) is 0 Å². The van der Waals surface area contributed by atoms with Crippen LogP contribution in [0.15, 0.2) is 41.1 Å². The zero-order valence-electron chi connectivity index (χ0n) is 11.0. The van der Waals surface area contributed by atoms with E-state index in [1.54, 1.807) is 6.26 Å². The first-order chi connectivity index (χ1) is 9.34. The number of pyridine rings is 1. The van der Waals surface area contributed by atoms with Crippen LogP contribution in [-0.2, 0) is 12.8 Å². The molecule has 0 saturated heterocycles. The van der Waals surface area contributed by atoms with Crippen molar-refractivity contribution in [1.29, 1.82) is 0 Å². The van der Waals surface area contributed by atoms with E-state index in [0.717, 1.165) is 43.6 Å². The molecule has 2 heterocycles. The second-order valence-corrected chi connectivity index (χ2v) is 5.23. The maximum Gasteiger partial charge on any atom is 0.103 e. The Morgan fingerprint density at radius 3 is 3.16 bits per heavy atom. The number of aryl methyl sites for hydroxylation is 2. The number of aromatic nitrogens is 1. The van der Waals surface area contributed by atoms with Crippen LogP contribution < -0.4 is 0 Å². The maximum atomic E-state index is 10.4. The number of aliphatic hydroxyl groups excluding tert-OH is 1. The molecule has 0 amide bonds. The van der Waals surface area contributed by atoms with Crippen molar-refractivity contribution in [3.63, 3.8) is 0 Å². The first-order valence-corrected chi connectivity index (χ1v) is 6.99. The van der Waals surface area contributed by atoms with Crippen LogP contribution in [0.4, 0.5) is 0 Å². The molecule has 0 aliphatic heterocycles. The highest BCUT2D eigenvalue weighted by Gasteiger charge is 2.27. The van der Waals surface area contributed by atoms with E-state index in [1.165, 1.54) is 5.56 Å². The molecule has 0 saturated carbocycles. The van der Waals surface area contributed by atoms with Crippen LogP contribution in [0.3, 0.4) is 0 Å². The number of fused-ring (bicyclic) bond motifs is 1. The van der Waals surface area contributed by atoms with Crippen molar-refractivity contribution in [3.8, 4) is 0 Å². The first-order valence-electron chi connectivity index (χ1n) is 6.99. The molecule has 19 heavy (non-hydrogen) atoms. The molecule has 1 aliphatic carbocycles. The largest absolute Gasteiger partial charge is 0.469 e. The van der Waals surface area contributed by atoms with Gasteiger partial charge < -0.3 is 9.52 Å². The molecule has 2 atom stereocenters. The smallest absolute Gasteiger partial charge is 0.103 e. The van der Waals surface area contributed by atoms with Gasteiger partial charge in [0.05, 0.1) is 12.4 Å². The summed E-state index contributed by atoms with van der Waals surface area (Å²) in [6.45, 7) is 0. The number of nitrogens with zero attached hydrogens (tertiary/aromatic N) is 1. The highest BCUT2D eigenvalue weighted by Crippen LogP contribution is 2.33. The molecule has 3 heteroatoms. The van der Waals surface area contributed by atoms with Gasteiger partial charge in [-0.2, -0.15) is 0 Å². The standard InChI is InChI=1S/C16H19NO2/c18-15(9-8-13-6-3-11-19-13)14-7-1-4-12-5-2-10-17-16(12)14/h2-3,5-6,10-11,14-15,18H,1,4,7-9H2. The van der Waals surface area contributed by atoms with Crippen LogP contribution in [0.2, 0.25) is 0 Å². The van der Waals surface area contributed by atoms with Gasteiger partial charge in [-0.05, 0) is 49.4 Å². The number of hydrogen-bond acceptors (Lipinski definition) is 3. The molecule has 100 valence electrons. The SMILES string of the molecule is OC(CCc1ccco1)C1CCCc2cccnc21. The molecule has 0 bridgehead atoms. The van der Waals surface area contributed by atoms with Gasteiger partial charge >= 0.3 is 0 Å². The minimum absolute atomic E-state index is 0.180. The third-order valence-corrected chi connectivity index (χ3v) is 3.97. The third kappa shape index (κ3) is 2.71. The van der Waals surface area contributed by atoms with Crippen molar-refractivity contribution in [2.75, 3.05) is 0 Å². The van der Waals surface area contributed by atoms with E-state index in [4.69, 9.17) is 4.42 Å². The minimum Gasteiger partial charge on any atom is -0.469 e. The van der Waals surface area contributed by atoms with Gasteiger partial charge in [-0.3, -0.25) is 4.98 Å². The van der Waals surface area contributed by atoms with E-state index >= 15 is 0 Å². The molecular formula is C16H19NO2. The molecule has 2 aromatic heterocycles. The average Bonchev–Trinajstić information content (AvgIpc) is 2.97. The van der Waals surface area contributed by atoms with Crippen molar-refractivity contribution >= 4 is 0 Å². The Morgan fingerprint density at radius 2 is 2.32 bits per heavy atom. The quantitative estimate of drug-likeness (QED) is 0.915. The summed E-state index contributed by atoms with van der Waals surface area (Å²) in [6, 6.07) is 7.96. The second kappa shape index (κ2) is 5.57. The second-order valence-electron chi connectivity index (χ2n) is 5.23. The zero-order chi connectivity index (χ0) is 13.1. The van der Waals surface area contributed by atoms with E-state index in [9.17, 15) is 5.11 Å². The van der Waals surface area contributed by atoms with Gasteiger partial charge in [0.25, 0.3) is 0 Å². The lowest BCUT2D eigenvalue weighted by Crippen LogP contribution is -2.24. The topological polar surface area (TPSA) is 46.3 Å². The fourth-order valence-corrected chi connectivity index (χ4v) is 2.97. The number of furan rings is 1. The summed E-state index contributed by atoms with van der Waals surface area (Å²) < 4.78 is 5.31. The summed E-state index contributed by atoms with van der Waals surface area (Å²) in [6.07, 6.45) is 7.95. The zero-order valence-corrected chi connectivity index (χ0v) is 11.0. The van der Waals surface area contributed by atoms with E-state index in [1.807, 2.05) is 24.4 Å².